The molecule has 2 aliphatic carbocycles. The van der Waals surface area contributed by atoms with Crippen LogP contribution < -0.4 is 14.2 Å². The Bertz CT molecular complexity index is 2200. The number of fused-ring (bicyclic) bond motifs is 3. The van der Waals surface area contributed by atoms with Crippen LogP contribution in [0, 0.1) is 27.9 Å². The van der Waals surface area contributed by atoms with Crippen molar-refractivity contribution in [3.05, 3.63) is 118 Å². The normalized spacial score (nSPS) is 24.2. The summed E-state index contributed by atoms with van der Waals surface area (Å²) in [4.78, 5) is 34.0. The average molecular weight is 852 g/mol. The summed E-state index contributed by atoms with van der Waals surface area (Å²) in [5, 5.41) is 47.1. The zero-order chi connectivity index (χ0) is 44.0. The number of aromatic hydroxyl groups is 1. The van der Waals surface area contributed by atoms with Gasteiger partial charge in [-0.15, -0.1) is 6.58 Å². The van der Waals surface area contributed by atoms with Crippen LogP contribution in [0.4, 0.5) is 5.69 Å². The first-order chi connectivity index (χ1) is 29.8. The van der Waals surface area contributed by atoms with E-state index >= 15 is 4.79 Å². The highest BCUT2D eigenvalue weighted by Crippen LogP contribution is 2.62. The third-order valence-electron chi connectivity index (χ3n) is 12.1. The van der Waals surface area contributed by atoms with Gasteiger partial charge < -0.3 is 44.0 Å². The number of nitro groups is 1. The molecule has 1 amide bonds. The van der Waals surface area contributed by atoms with Gasteiger partial charge in [-0.3, -0.25) is 14.9 Å². The first kappa shape index (κ1) is 44.4. The maximum Gasteiger partial charge on any atom is 0.269 e. The molecule has 62 heavy (non-hydrogen) atoms. The fourth-order valence-electron chi connectivity index (χ4n) is 9.40. The summed E-state index contributed by atoms with van der Waals surface area (Å²) >= 11 is 0. The number of unbranched alkanes of at least 4 members (excludes halogenated alkanes) is 2. The van der Waals surface area contributed by atoms with Crippen molar-refractivity contribution in [2.24, 2.45) is 22.9 Å². The van der Waals surface area contributed by atoms with Gasteiger partial charge >= 0.3 is 0 Å². The highest BCUT2D eigenvalue weighted by Gasteiger charge is 2.65. The Hall–Kier alpha value is -5.70. The highest BCUT2D eigenvalue weighted by molar-refractivity contribution is 6.03. The van der Waals surface area contributed by atoms with E-state index in [2.05, 4.69) is 12.7 Å². The second-order valence-electron chi connectivity index (χ2n) is 17.3. The van der Waals surface area contributed by atoms with Crippen molar-refractivity contribution in [2.45, 2.75) is 95.6 Å². The van der Waals surface area contributed by atoms with Crippen molar-refractivity contribution in [1.82, 2.24) is 4.90 Å². The molecule has 0 bridgehead atoms. The van der Waals surface area contributed by atoms with Gasteiger partial charge in [-0.1, -0.05) is 36.2 Å². The number of hydrogen-bond donors (Lipinski definition) is 3. The van der Waals surface area contributed by atoms with E-state index < -0.39 is 28.3 Å². The molecular weight excluding hydrogens is 795 g/mol. The molecule has 4 aliphatic rings. The van der Waals surface area contributed by atoms with Gasteiger partial charge in [-0.05, 0) is 124 Å². The van der Waals surface area contributed by atoms with Gasteiger partial charge in [0, 0.05) is 55.9 Å². The number of nitrogens with zero attached hydrogens (tertiary/aromatic N) is 3. The number of non-ortho nitro benzene ring substituents is 1. The summed E-state index contributed by atoms with van der Waals surface area (Å²) in [5.74, 6) is -1.05. The summed E-state index contributed by atoms with van der Waals surface area (Å²) in [6.45, 7) is 10.1. The van der Waals surface area contributed by atoms with Crippen LogP contribution in [0.3, 0.4) is 0 Å². The Kier molecular flexibility index (Phi) is 13.7. The first-order valence-corrected chi connectivity index (χ1v) is 21.4. The molecule has 0 spiro atoms. The Labute approximate surface area is 362 Å². The number of phenolic OH excluding ortho intramolecular Hbond substituents is 1. The molecule has 0 radical (unpaired) electrons. The molecule has 0 aromatic heterocycles. The topological polar surface area (TPSA) is 183 Å². The quantitative estimate of drug-likeness (QED) is 0.0369. The molecule has 0 unspecified atom stereocenters. The first-order valence-electron chi connectivity index (χ1n) is 21.4. The number of benzene rings is 3. The van der Waals surface area contributed by atoms with Crippen molar-refractivity contribution in [2.75, 3.05) is 26.6 Å². The van der Waals surface area contributed by atoms with Gasteiger partial charge in [-0.2, -0.15) is 0 Å². The maximum absolute atomic E-state index is 15.1. The molecular formula is C48H57N3O11. The van der Waals surface area contributed by atoms with Gasteiger partial charge in [-0.25, -0.2) is 0 Å². The van der Waals surface area contributed by atoms with E-state index in [9.17, 15) is 25.4 Å². The summed E-state index contributed by atoms with van der Waals surface area (Å²) in [5.41, 5.74) is 2.94. The Morgan fingerprint density at radius 3 is 2.44 bits per heavy atom. The number of hydrogen-bond acceptors (Lipinski definition) is 12. The van der Waals surface area contributed by atoms with E-state index in [-0.39, 0.29) is 74.7 Å². The molecule has 3 aromatic rings. The number of carbonyl (C=O) groups is 1. The summed E-state index contributed by atoms with van der Waals surface area (Å²) in [6.07, 6.45) is 11.5. The Morgan fingerprint density at radius 1 is 1.00 bits per heavy atom. The summed E-state index contributed by atoms with van der Waals surface area (Å²) in [7, 11) is 0. The van der Waals surface area contributed by atoms with Crippen molar-refractivity contribution in [1.29, 1.82) is 0 Å². The summed E-state index contributed by atoms with van der Waals surface area (Å²) in [6, 6.07) is 15.8. The van der Waals surface area contributed by atoms with Gasteiger partial charge in [0.15, 0.2) is 11.5 Å². The lowest BCUT2D eigenvalue weighted by atomic mass is 9.55. The van der Waals surface area contributed by atoms with Crippen LogP contribution >= 0.6 is 0 Å². The van der Waals surface area contributed by atoms with Gasteiger partial charge in [0.1, 0.15) is 23.1 Å². The minimum absolute atomic E-state index is 0.0197. The fraction of sp³-hybridized carbons (Fsp3) is 0.458. The second kappa shape index (κ2) is 19.1. The van der Waals surface area contributed by atoms with Crippen molar-refractivity contribution in [3.63, 3.8) is 0 Å². The number of aliphatic hydroxyl groups excluding tert-OH is 2. The van der Waals surface area contributed by atoms with Gasteiger partial charge in [0.2, 0.25) is 18.5 Å². The molecule has 2 heterocycles. The predicted molar refractivity (Wildman–Crippen MR) is 233 cm³/mol. The van der Waals surface area contributed by atoms with Crippen molar-refractivity contribution < 1.29 is 48.8 Å². The van der Waals surface area contributed by atoms with Gasteiger partial charge in [0.05, 0.1) is 23.2 Å². The fourth-order valence-corrected chi connectivity index (χ4v) is 9.40. The van der Waals surface area contributed by atoms with E-state index in [1.54, 1.807) is 47.4 Å². The number of phenols is 1. The standard InChI is InChI=1S/C48H57N3O11/c1-5-24-60-48-43(50(29-32-14-19-41-42(25-32)59-30-58-41)44(55)21-15-31-12-16-34(17-13-31)51(56)57)28-39(49-62-47(2,3)4)37-26-33(10-6-8-22-52)36(11-7-9-23-53)45(46(37)48)38-27-35(54)18-20-40(38)61-48/h5,12-21,25-27,33,36,43,45-46,52-54H,1,6-11,22-24,28-30H2,2-4H3/t33-,36+,43-,45+,46+,48+/m0/s1. The lowest BCUT2D eigenvalue weighted by Gasteiger charge is -2.60. The highest BCUT2D eigenvalue weighted by atomic mass is 16.7. The minimum atomic E-state index is -1.53. The van der Waals surface area contributed by atoms with Crippen molar-refractivity contribution in [3.8, 4) is 23.0 Å². The van der Waals surface area contributed by atoms with E-state index in [0.29, 0.717) is 41.4 Å². The van der Waals surface area contributed by atoms with E-state index in [1.165, 1.54) is 18.2 Å². The molecule has 1 fully saturated rings. The third kappa shape index (κ3) is 9.52. The van der Waals surface area contributed by atoms with Crippen LogP contribution in [0.1, 0.15) is 88.3 Å². The Balaban J connectivity index is 1.44. The molecule has 14 heteroatoms. The molecule has 330 valence electrons. The lowest BCUT2D eigenvalue weighted by molar-refractivity contribution is -0.384. The van der Waals surface area contributed by atoms with Crippen LogP contribution in [0.5, 0.6) is 23.0 Å². The average Bonchev–Trinajstić information content (AvgIpc) is 3.73. The number of carbonyl (C=O) groups excluding carboxylic acids is 1. The predicted octanol–water partition coefficient (Wildman–Crippen LogP) is 8.20. The van der Waals surface area contributed by atoms with Crippen LogP contribution in [-0.2, 0) is 20.9 Å². The van der Waals surface area contributed by atoms with E-state index in [0.717, 1.165) is 42.4 Å². The van der Waals surface area contributed by atoms with Crippen LogP contribution in [-0.4, -0.2) is 80.8 Å². The van der Waals surface area contributed by atoms with Crippen molar-refractivity contribution >= 4 is 23.4 Å². The summed E-state index contributed by atoms with van der Waals surface area (Å²) < 4.78 is 25.7. The molecule has 3 N–H and O–H groups in total. The van der Waals surface area contributed by atoms with E-state index in [4.69, 9.17) is 28.9 Å². The SMILES string of the molecule is C=CCO[C@@]12Oc3ccc(O)cc3[C@H]3[C@H](CCCCO)[C@@H](CCCCO)C=C(C(=NOC(C)(C)C)C[C@@H]1N(Cc1ccc4c(c1)OCO4)C(=O)C=Cc1ccc([N+](=O)[O-])cc1)[C@H]32. The van der Waals surface area contributed by atoms with E-state index in [1.807, 2.05) is 39.0 Å². The number of oxime groups is 1. The largest absolute Gasteiger partial charge is 0.508 e. The minimum Gasteiger partial charge on any atom is -0.508 e. The number of ether oxygens (including phenoxy) is 4. The Morgan fingerprint density at radius 2 is 1.73 bits per heavy atom. The smallest absolute Gasteiger partial charge is 0.269 e. The molecule has 0 saturated heterocycles. The van der Waals surface area contributed by atoms with Crippen LogP contribution in [0.2, 0.25) is 0 Å². The zero-order valence-corrected chi connectivity index (χ0v) is 35.6. The number of amides is 1. The maximum atomic E-state index is 15.1. The zero-order valence-electron chi connectivity index (χ0n) is 35.6. The number of allylic oxidation sites excluding steroid dienone is 1. The third-order valence-corrected chi connectivity index (χ3v) is 12.1. The van der Waals surface area contributed by atoms with Crippen LogP contribution in [0.15, 0.2) is 96.2 Å². The monoisotopic (exact) mass is 851 g/mol. The lowest BCUT2D eigenvalue weighted by Crippen LogP contribution is -2.70. The molecule has 3 aromatic carbocycles. The van der Waals surface area contributed by atoms with Gasteiger partial charge in [0.25, 0.3) is 5.69 Å². The molecule has 6 atom stereocenters. The molecule has 1 saturated carbocycles. The second-order valence-corrected chi connectivity index (χ2v) is 17.3. The molecule has 14 nitrogen and oxygen atoms in total. The number of rotatable bonds is 18. The number of aliphatic hydroxyl groups is 2. The molecule has 2 aliphatic heterocycles. The van der Waals surface area contributed by atoms with Crippen LogP contribution in [0.25, 0.3) is 6.08 Å². The number of nitro benzene ring substituents is 1. The molecule has 7 rings (SSSR count).